The second kappa shape index (κ2) is 36.4. The summed E-state index contributed by atoms with van der Waals surface area (Å²) in [6.45, 7) is 2.29. The molecule has 0 aromatic rings. The van der Waals surface area contributed by atoms with Gasteiger partial charge in [-0.3, -0.25) is 9.59 Å². The molecule has 0 spiro atoms. The number of hydrogen-bond donors (Lipinski definition) is 2. The maximum Gasteiger partial charge on any atom is 0.329 e. The molecule has 0 bridgehead atoms. The highest BCUT2D eigenvalue weighted by molar-refractivity contribution is 8.76. The van der Waals surface area contributed by atoms with E-state index in [1.807, 2.05) is 0 Å². The van der Waals surface area contributed by atoms with E-state index in [4.69, 9.17) is 10.5 Å². The summed E-state index contributed by atoms with van der Waals surface area (Å²) in [5.41, 5.74) is 5.72. The monoisotopic (exact) mass is 703 g/mol. The molecule has 0 heterocycles. The van der Waals surface area contributed by atoms with E-state index in [-0.39, 0.29) is 5.91 Å². The van der Waals surface area contributed by atoms with Crippen LogP contribution in [0.25, 0.3) is 0 Å². The average molecular weight is 703 g/mol. The molecular weight excluding hydrogens is 629 g/mol. The van der Waals surface area contributed by atoms with Crippen molar-refractivity contribution in [1.29, 1.82) is 0 Å². The van der Waals surface area contributed by atoms with Crippen LogP contribution in [-0.4, -0.2) is 55.7 Å². The molecule has 0 fully saturated rings. The summed E-state index contributed by atoms with van der Waals surface area (Å²) in [6.07, 6.45) is 37.2. The molecule has 0 aliphatic heterocycles. The molecule has 1 amide bonds. The Balaban J connectivity index is 3.46. The number of methoxy groups -OCH3 is 2. The van der Waals surface area contributed by atoms with E-state index >= 15 is 0 Å². The van der Waals surface area contributed by atoms with Gasteiger partial charge in [0.05, 0.1) is 14.2 Å². The SMILES string of the molecule is CCCCCCCCCCCCCCCCCCCCCCCCCCCCCC(=O)N[C@@H](CSSCC(N)C(=O)OC)C(=O)OC. The van der Waals surface area contributed by atoms with E-state index in [0.717, 1.165) is 19.3 Å². The van der Waals surface area contributed by atoms with Crippen molar-refractivity contribution in [2.45, 2.75) is 199 Å². The smallest absolute Gasteiger partial charge is 0.329 e. The van der Waals surface area contributed by atoms with Crippen molar-refractivity contribution in [2.24, 2.45) is 5.73 Å². The first-order valence-electron chi connectivity index (χ1n) is 19.4. The van der Waals surface area contributed by atoms with Gasteiger partial charge in [-0.2, -0.15) is 0 Å². The van der Waals surface area contributed by atoms with Gasteiger partial charge >= 0.3 is 11.9 Å². The largest absolute Gasteiger partial charge is 0.468 e. The lowest BCUT2D eigenvalue weighted by Crippen LogP contribution is -2.43. The predicted molar refractivity (Wildman–Crippen MR) is 204 cm³/mol. The highest BCUT2D eigenvalue weighted by Crippen LogP contribution is 2.23. The van der Waals surface area contributed by atoms with Crippen LogP contribution in [0.3, 0.4) is 0 Å². The predicted octanol–water partition coefficient (Wildman–Crippen LogP) is 10.5. The quantitative estimate of drug-likeness (QED) is 0.0377. The maximum atomic E-state index is 12.4. The summed E-state index contributed by atoms with van der Waals surface area (Å²) in [5.74, 6) is -0.363. The first kappa shape index (κ1) is 46.1. The number of rotatable bonds is 36. The number of carbonyl (C=O) groups is 3. The molecule has 0 aromatic carbocycles. The van der Waals surface area contributed by atoms with Crippen LogP contribution in [0.4, 0.5) is 0 Å². The first-order valence-corrected chi connectivity index (χ1v) is 21.9. The molecule has 278 valence electrons. The number of unbranched alkanes of at least 4 members (excludes halogenated alkanes) is 26. The topological polar surface area (TPSA) is 108 Å². The van der Waals surface area contributed by atoms with Crippen LogP contribution in [0.2, 0.25) is 0 Å². The molecule has 0 saturated carbocycles. The summed E-state index contributed by atoms with van der Waals surface area (Å²) in [7, 11) is 5.35. The lowest BCUT2D eigenvalue weighted by atomic mass is 10.0. The Bertz CT molecular complexity index is 728. The minimum absolute atomic E-state index is 0.128. The molecule has 9 heteroatoms. The number of esters is 2. The molecule has 0 aliphatic rings. The van der Waals surface area contributed by atoms with Gasteiger partial charge in [0.2, 0.25) is 5.91 Å². The molecule has 7 nitrogen and oxygen atoms in total. The molecule has 2 atom stereocenters. The zero-order chi connectivity index (χ0) is 34.6. The molecule has 0 aromatic heterocycles. The fourth-order valence-electron chi connectivity index (χ4n) is 5.81. The lowest BCUT2D eigenvalue weighted by Gasteiger charge is -2.16. The van der Waals surface area contributed by atoms with Gasteiger partial charge in [0, 0.05) is 17.9 Å². The number of ether oxygens (including phenoxy) is 2. The first-order chi connectivity index (χ1) is 23.0. The molecule has 0 aliphatic carbocycles. The molecule has 0 radical (unpaired) electrons. The van der Waals surface area contributed by atoms with Crippen molar-refractivity contribution in [1.82, 2.24) is 5.32 Å². The van der Waals surface area contributed by atoms with Gasteiger partial charge in [-0.25, -0.2) is 4.79 Å². The third-order valence-electron chi connectivity index (χ3n) is 8.90. The fourth-order valence-corrected chi connectivity index (χ4v) is 8.07. The summed E-state index contributed by atoms with van der Waals surface area (Å²) < 4.78 is 9.44. The molecule has 1 unspecified atom stereocenters. The number of nitrogens with two attached hydrogens (primary N) is 1. The zero-order valence-electron chi connectivity index (χ0n) is 30.8. The van der Waals surface area contributed by atoms with E-state index in [1.54, 1.807) is 0 Å². The van der Waals surface area contributed by atoms with Crippen LogP contribution in [0.15, 0.2) is 0 Å². The Morgan fingerprint density at radius 2 is 0.830 bits per heavy atom. The Morgan fingerprint density at radius 3 is 1.17 bits per heavy atom. The Labute approximate surface area is 297 Å². The van der Waals surface area contributed by atoms with Gasteiger partial charge < -0.3 is 20.5 Å². The number of carbonyl (C=O) groups excluding carboxylic acids is 3. The number of hydrogen-bond acceptors (Lipinski definition) is 8. The second-order valence-corrected chi connectivity index (χ2v) is 15.8. The summed E-state index contributed by atoms with van der Waals surface area (Å²) in [5, 5.41) is 2.79. The van der Waals surface area contributed by atoms with Gasteiger partial charge in [0.25, 0.3) is 0 Å². The molecule has 47 heavy (non-hydrogen) atoms. The number of nitrogens with one attached hydrogen (secondary N) is 1. The van der Waals surface area contributed by atoms with Crippen LogP contribution in [-0.2, 0) is 23.9 Å². The normalized spacial score (nSPS) is 12.5. The minimum atomic E-state index is -0.716. The van der Waals surface area contributed by atoms with E-state index in [1.165, 1.54) is 190 Å². The van der Waals surface area contributed by atoms with Crippen molar-refractivity contribution >= 4 is 39.4 Å². The summed E-state index contributed by atoms with van der Waals surface area (Å²) >= 11 is 0. The fraction of sp³-hybridized carbons (Fsp3) is 0.921. The molecule has 3 N–H and O–H groups in total. The van der Waals surface area contributed by atoms with E-state index < -0.39 is 24.0 Å². The van der Waals surface area contributed by atoms with E-state index in [0.29, 0.717) is 17.9 Å². The highest BCUT2D eigenvalue weighted by Gasteiger charge is 2.22. The lowest BCUT2D eigenvalue weighted by molar-refractivity contribution is -0.144. The van der Waals surface area contributed by atoms with Gasteiger partial charge in [0.15, 0.2) is 0 Å². The Kier molecular flexibility index (Phi) is 35.6. The van der Waals surface area contributed by atoms with Crippen LogP contribution in [0.1, 0.15) is 187 Å². The van der Waals surface area contributed by atoms with E-state index in [2.05, 4.69) is 17.0 Å². The zero-order valence-corrected chi connectivity index (χ0v) is 32.4. The van der Waals surface area contributed by atoms with Crippen molar-refractivity contribution in [2.75, 3.05) is 25.7 Å². The van der Waals surface area contributed by atoms with Crippen LogP contribution < -0.4 is 11.1 Å². The van der Waals surface area contributed by atoms with E-state index in [9.17, 15) is 14.4 Å². The van der Waals surface area contributed by atoms with Crippen molar-refractivity contribution in [3.63, 3.8) is 0 Å². The standard InChI is InChI=1S/C38H74N2O5S2/c1-4-5-6-7-8-9-10-11-12-13-14-15-16-17-18-19-20-21-22-23-24-25-26-27-28-29-30-31-36(41)40-35(38(43)45-3)33-47-46-32-34(39)37(42)44-2/h34-35H,4-33,39H2,1-3H3,(H,40,41)/t34?,35-/m0/s1. The van der Waals surface area contributed by atoms with Gasteiger partial charge in [-0.1, -0.05) is 195 Å². The van der Waals surface area contributed by atoms with Crippen LogP contribution in [0.5, 0.6) is 0 Å². The summed E-state index contributed by atoms with van der Waals surface area (Å²) in [4.78, 5) is 35.8. The molecular formula is C38H74N2O5S2. The average Bonchev–Trinajstić information content (AvgIpc) is 3.08. The van der Waals surface area contributed by atoms with Crippen LogP contribution >= 0.6 is 21.6 Å². The maximum absolute atomic E-state index is 12.4. The summed E-state index contributed by atoms with van der Waals surface area (Å²) in [6, 6.07) is -1.43. The van der Waals surface area contributed by atoms with Gasteiger partial charge in [-0.05, 0) is 6.42 Å². The van der Waals surface area contributed by atoms with Crippen molar-refractivity contribution in [3.8, 4) is 0 Å². The van der Waals surface area contributed by atoms with Gasteiger partial charge in [-0.15, -0.1) is 0 Å². The Hall–Kier alpha value is -0.930. The highest BCUT2D eigenvalue weighted by atomic mass is 33.1. The van der Waals surface area contributed by atoms with Crippen molar-refractivity contribution < 1.29 is 23.9 Å². The van der Waals surface area contributed by atoms with Crippen LogP contribution in [0, 0.1) is 0 Å². The second-order valence-electron chi connectivity index (χ2n) is 13.3. The number of amides is 1. The van der Waals surface area contributed by atoms with Gasteiger partial charge in [0.1, 0.15) is 12.1 Å². The third-order valence-corrected chi connectivity index (χ3v) is 11.3. The minimum Gasteiger partial charge on any atom is -0.468 e. The molecule has 0 rings (SSSR count). The Morgan fingerprint density at radius 1 is 0.511 bits per heavy atom. The van der Waals surface area contributed by atoms with Crippen molar-refractivity contribution in [3.05, 3.63) is 0 Å². The third kappa shape index (κ3) is 32.1. The molecule has 0 saturated heterocycles.